The third-order valence-corrected chi connectivity index (χ3v) is 8.97. The van der Waals surface area contributed by atoms with Crippen LogP contribution in [0.4, 0.5) is 0 Å². The number of imidazole rings is 1. The SMILES string of the molecule is COc1ccc(C(C)NC(=O)c2c3n(c(=O)n2-c2ccc(OC4CC4)cc2)CCN(C(=O)c2ccc(Br)c(Cl)c2)C3)cc1. The number of hydrogen-bond acceptors (Lipinski definition) is 5. The molecular weight excluding hydrogens is 636 g/mol. The molecule has 0 saturated heterocycles. The molecule has 1 aliphatic carbocycles. The van der Waals surface area contributed by atoms with Crippen molar-refractivity contribution >= 4 is 39.3 Å². The van der Waals surface area contributed by atoms with Crippen LogP contribution in [-0.2, 0) is 13.1 Å². The third kappa shape index (κ3) is 5.94. The van der Waals surface area contributed by atoms with Gasteiger partial charge in [-0.2, -0.15) is 0 Å². The minimum absolute atomic E-state index is 0.0807. The Kier molecular flexibility index (Phi) is 8.07. The lowest BCUT2D eigenvalue weighted by molar-refractivity contribution is 0.0706. The predicted molar refractivity (Wildman–Crippen MR) is 166 cm³/mol. The Bertz CT molecular complexity index is 1750. The first-order valence-electron chi connectivity index (χ1n) is 14.0. The average molecular weight is 666 g/mol. The lowest BCUT2D eigenvalue weighted by Crippen LogP contribution is -2.41. The van der Waals surface area contributed by atoms with Gasteiger partial charge in [-0.05, 0) is 95.9 Å². The van der Waals surface area contributed by atoms with Gasteiger partial charge in [0.2, 0.25) is 0 Å². The van der Waals surface area contributed by atoms with Gasteiger partial charge in [0.15, 0.2) is 0 Å². The van der Waals surface area contributed by atoms with E-state index in [0.717, 1.165) is 18.4 Å². The van der Waals surface area contributed by atoms with Crippen molar-refractivity contribution in [2.24, 2.45) is 0 Å². The second-order valence-corrected chi connectivity index (χ2v) is 12.0. The van der Waals surface area contributed by atoms with E-state index in [9.17, 15) is 14.4 Å². The van der Waals surface area contributed by atoms with Gasteiger partial charge < -0.3 is 19.7 Å². The summed E-state index contributed by atoms with van der Waals surface area (Å²) >= 11 is 9.62. The highest BCUT2D eigenvalue weighted by Gasteiger charge is 2.33. The maximum atomic E-state index is 14.0. The van der Waals surface area contributed by atoms with E-state index < -0.39 is 5.91 Å². The van der Waals surface area contributed by atoms with Crippen LogP contribution in [0.15, 0.2) is 76.0 Å². The predicted octanol–water partition coefficient (Wildman–Crippen LogP) is 5.75. The van der Waals surface area contributed by atoms with Crippen molar-refractivity contribution in [3.05, 3.63) is 109 Å². The Morgan fingerprint density at radius 3 is 2.35 bits per heavy atom. The molecular formula is C32H30BrClN4O5. The second-order valence-electron chi connectivity index (χ2n) is 10.7. The molecule has 3 aromatic carbocycles. The molecule has 0 bridgehead atoms. The molecule has 4 aromatic rings. The van der Waals surface area contributed by atoms with Gasteiger partial charge in [0.1, 0.15) is 17.2 Å². The lowest BCUT2D eigenvalue weighted by atomic mass is 10.1. The summed E-state index contributed by atoms with van der Waals surface area (Å²) in [6.07, 6.45) is 2.30. The molecule has 2 amide bonds. The number of aromatic nitrogens is 2. The minimum atomic E-state index is -0.423. The zero-order chi connectivity index (χ0) is 30.2. The van der Waals surface area contributed by atoms with E-state index in [0.29, 0.717) is 44.5 Å². The Morgan fingerprint density at radius 1 is 1.00 bits per heavy atom. The number of nitrogens with one attached hydrogen (secondary N) is 1. The van der Waals surface area contributed by atoms with Gasteiger partial charge in [-0.15, -0.1) is 0 Å². The number of nitrogens with zero attached hydrogens (tertiary/aromatic N) is 3. The fourth-order valence-corrected chi connectivity index (χ4v) is 5.64. The van der Waals surface area contributed by atoms with Crippen LogP contribution in [0.25, 0.3) is 5.69 Å². The summed E-state index contributed by atoms with van der Waals surface area (Å²) in [6.45, 7) is 2.51. The summed E-state index contributed by atoms with van der Waals surface area (Å²) < 4.78 is 14.8. The van der Waals surface area contributed by atoms with Gasteiger partial charge >= 0.3 is 5.69 Å². The van der Waals surface area contributed by atoms with Crippen LogP contribution >= 0.6 is 27.5 Å². The fraction of sp³-hybridized carbons (Fsp3) is 0.281. The zero-order valence-corrected chi connectivity index (χ0v) is 26.0. The summed E-state index contributed by atoms with van der Waals surface area (Å²) in [7, 11) is 1.60. The van der Waals surface area contributed by atoms with Gasteiger partial charge in [0.25, 0.3) is 11.8 Å². The van der Waals surface area contributed by atoms with Gasteiger partial charge in [-0.25, -0.2) is 4.79 Å². The van der Waals surface area contributed by atoms with Gasteiger partial charge in [-0.1, -0.05) is 23.7 Å². The largest absolute Gasteiger partial charge is 0.497 e. The molecule has 1 aliphatic heterocycles. The molecule has 1 N–H and O–H groups in total. The Morgan fingerprint density at radius 2 is 1.70 bits per heavy atom. The number of rotatable bonds is 8. The molecule has 2 heterocycles. The minimum Gasteiger partial charge on any atom is -0.497 e. The first-order valence-corrected chi connectivity index (χ1v) is 15.2. The summed E-state index contributed by atoms with van der Waals surface area (Å²) in [5.74, 6) is 0.768. The molecule has 11 heteroatoms. The fourth-order valence-electron chi connectivity index (χ4n) is 5.21. The molecule has 43 heavy (non-hydrogen) atoms. The van der Waals surface area contributed by atoms with E-state index in [1.807, 2.05) is 43.3 Å². The molecule has 1 unspecified atom stereocenters. The molecule has 6 rings (SSSR count). The second kappa shape index (κ2) is 11.9. The monoisotopic (exact) mass is 664 g/mol. The van der Waals surface area contributed by atoms with Crippen LogP contribution in [0.5, 0.6) is 11.5 Å². The molecule has 0 spiro atoms. The zero-order valence-electron chi connectivity index (χ0n) is 23.7. The Labute approximate surface area is 262 Å². The first kappa shape index (κ1) is 29.1. The van der Waals surface area contributed by atoms with Crippen LogP contribution in [0, 0.1) is 0 Å². The molecule has 1 atom stereocenters. The molecule has 1 saturated carbocycles. The summed E-state index contributed by atoms with van der Waals surface area (Å²) in [6, 6.07) is 19.3. The maximum Gasteiger partial charge on any atom is 0.333 e. The average Bonchev–Trinajstić information content (AvgIpc) is 3.79. The number of ether oxygens (including phenoxy) is 2. The Balaban J connectivity index is 1.36. The number of amides is 2. The molecule has 1 fully saturated rings. The van der Waals surface area contributed by atoms with E-state index in [1.165, 1.54) is 4.57 Å². The van der Waals surface area contributed by atoms with E-state index >= 15 is 0 Å². The van der Waals surface area contributed by atoms with Crippen LogP contribution in [0.3, 0.4) is 0 Å². The van der Waals surface area contributed by atoms with Gasteiger partial charge in [0.05, 0.1) is 42.2 Å². The van der Waals surface area contributed by atoms with E-state index in [1.54, 1.807) is 46.9 Å². The van der Waals surface area contributed by atoms with Crippen molar-refractivity contribution in [1.29, 1.82) is 0 Å². The molecule has 2 aliphatic rings. The number of hydrogen-bond donors (Lipinski definition) is 1. The number of fused-ring (bicyclic) bond motifs is 1. The van der Waals surface area contributed by atoms with Crippen molar-refractivity contribution in [2.45, 2.75) is 45.0 Å². The number of methoxy groups -OCH3 is 1. The highest BCUT2D eigenvalue weighted by molar-refractivity contribution is 9.10. The van der Waals surface area contributed by atoms with Crippen molar-refractivity contribution in [3.63, 3.8) is 0 Å². The number of carbonyl (C=O) groups is 2. The standard InChI is InChI=1S/C32H30BrClN4O5/c1-19(20-3-8-23(42-2)9-4-20)35-30(39)29-28-18-36(31(40)21-5-14-26(33)27(34)17-21)15-16-37(28)32(41)38(29)22-6-10-24(11-7-22)43-25-12-13-25/h3-11,14,17,19,25H,12-13,15-16,18H2,1-2H3,(H,35,39). The van der Waals surface area contributed by atoms with E-state index in [4.69, 9.17) is 21.1 Å². The van der Waals surface area contributed by atoms with Crippen LogP contribution in [-0.4, -0.2) is 45.6 Å². The van der Waals surface area contributed by atoms with Gasteiger partial charge in [0, 0.05) is 23.1 Å². The number of benzene rings is 3. The highest BCUT2D eigenvalue weighted by Crippen LogP contribution is 2.29. The number of carbonyl (C=O) groups excluding carboxylic acids is 2. The molecule has 9 nitrogen and oxygen atoms in total. The quantitative estimate of drug-likeness (QED) is 0.259. The van der Waals surface area contributed by atoms with Crippen molar-refractivity contribution in [2.75, 3.05) is 13.7 Å². The first-order chi connectivity index (χ1) is 20.7. The lowest BCUT2D eigenvalue weighted by Gasteiger charge is -2.28. The topological polar surface area (TPSA) is 94.8 Å². The van der Waals surface area contributed by atoms with Gasteiger partial charge in [-0.3, -0.25) is 18.7 Å². The van der Waals surface area contributed by atoms with Crippen LogP contribution in [0.2, 0.25) is 5.02 Å². The van der Waals surface area contributed by atoms with Crippen LogP contribution < -0.4 is 20.5 Å². The van der Waals surface area contributed by atoms with E-state index in [-0.39, 0.29) is 42.5 Å². The maximum absolute atomic E-state index is 14.0. The molecule has 0 radical (unpaired) electrons. The van der Waals surface area contributed by atoms with Crippen molar-refractivity contribution < 1.29 is 19.1 Å². The summed E-state index contributed by atoms with van der Waals surface area (Å²) in [5, 5.41) is 3.48. The summed E-state index contributed by atoms with van der Waals surface area (Å²) in [4.78, 5) is 43.0. The van der Waals surface area contributed by atoms with Crippen molar-refractivity contribution in [1.82, 2.24) is 19.4 Å². The van der Waals surface area contributed by atoms with Crippen molar-refractivity contribution in [3.8, 4) is 17.2 Å². The van der Waals surface area contributed by atoms with Crippen LogP contribution in [0.1, 0.15) is 57.9 Å². The third-order valence-electron chi connectivity index (χ3n) is 7.73. The Hall–Kier alpha value is -4.02. The number of halogens is 2. The van der Waals surface area contributed by atoms with E-state index in [2.05, 4.69) is 21.2 Å². The normalized spacial score (nSPS) is 15.0. The highest BCUT2D eigenvalue weighted by atomic mass is 79.9. The molecule has 1 aromatic heterocycles. The summed E-state index contributed by atoms with van der Waals surface area (Å²) in [5.41, 5.74) is 2.15. The smallest absolute Gasteiger partial charge is 0.333 e. The molecule has 222 valence electrons.